The van der Waals surface area contributed by atoms with Crippen molar-refractivity contribution in [3.05, 3.63) is 23.8 Å². The Morgan fingerprint density at radius 3 is 3.05 bits per heavy atom. The molecule has 0 radical (unpaired) electrons. The van der Waals surface area contributed by atoms with Gasteiger partial charge in [-0.15, -0.1) is 11.8 Å². The van der Waals surface area contributed by atoms with Crippen LogP contribution in [0.2, 0.25) is 0 Å². The molecule has 0 spiro atoms. The number of anilines is 1. The third-order valence-electron chi connectivity index (χ3n) is 3.80. The Labute approximate surface area is 125 Å². The van der Waals surface area contributed by atoms with Crippen LogP contribution in [-0.2, 0) is 0 Å². The van der Waals surface area contributed by atoms with Gasteiger partial charge in [-0.05, 0) is 43.6 Å². The highest BCUT2D eigenvalue weighted by Crippen LogP contribution is 2.35. The third kappa shape index (κ3) is 3.28. The Morgan fingerprint density at radius 1 is 1.50 bits per heavy atom. The zero-order valence-electron chi connectivity index (χ0n) is 12.0. The van der Waals surface area contributed by atoms with E-state index in [0.29, 0.717) is 6.04 Å². The Hall–Kier alpha value is -1.18. The van der Waals surface area contributed by atoms with Gasteiger partial charge in [0, 0.05) is 24.1 Å². The van der Waals surface area contributed by atoms with Gasteiger partial charge >= 0.3 is 0 Å². The fourth-order valence-electron chi connectivity index (χ4n) is 2.93. The topological polar surface area (TPSA) is 47.3 Å². The largest absolute Gasteiger partial charge is 0.396 e. The average molecular weight is 290 g/mol. The summed E-state index contributed by atoms with van der Waals surface area (Å²) in [6.07, 6.45) is 4.18. The minimum atomic E-state index is 0.251. The van der Waals surface area contributed by atoms with Gasteiger partial charge in [-0.2, -0.15) is 5.26 Å². The van der Waals surface area contributed by atoms with E-state index in [1.165, 1.54) is 6.42 Å². The normalized spacial score (nSPS) is 18.2. The molecule has 0 bridgehead atoms. The number of nitriles is 1. The van der Waals surface area contributed by atoms with E-state index in [1.807, 2.05) is 6.07 Å². The van der Waals surface area contributed by atoms with E-state index in [2.05, 4.69) is 30.0 Å². The molecular weight excluding hydrogens is 268 g/mol. The van der Waals surface area contributed by atoms with Crippen LogP contribution >= 0.6 is 11.8 Å². The van der Waals surface area contributed by atoms with Crippen LogP contribution in [0.15, 0.2) is 23.1 Å². The minimum Gasteiger partial charge on any atom is -0.396 e. The summed E-state index contributed by atoms with van der Waals surface area (Å²) in [7, 11) is 0. The minimum absolute atomic E-state index is 0.251. The lowest BCUT2D eigenvalue weighted by Gasteiger charge is -2.28. The van der Waals surface area contributed by atoms with Crippen molar-refractivity contribution >= 4 is 17.4 Å². The first kappa shape index (κ1) is 15.2. The van der Waals surface area contributed by atoms with Gasteiger partial charge in [-0.3, -0.25) is 0 Å². The number of benzene rings is 1. The highest BCUT2D eigenvalue weighted by molar-refractivity contribution is 7.99. The van der Waals surface area contributed by atoms with Crippen molar-refractivity contribution < 1.29 is 5.11 Å². The molecule has 1 aliphatic heterocycles. The second kappa shape index (κ2) is 7.56. The highest BCUT2D eigenvalue weighted by atomic mass is 32.2. The van der Waals surface area contributed by atoms with Gasteiger partial charge < -0.3 is 10.0 Å². The van der Waals surface area contributed by atoms with Gasteiger partial charge in [0.1, 0.15) is 6.07 Å². The summed E-state index contributed by atoms with van der Waals surface area (Å²) in [5.41, 5.74) is 1.89. The fraction of sp³-hybridized carbons (Fsp3) is 0.562. The van der Waals surface area contributed by atoms with Crippen LogP contribution in [0.4, 0.5) is 5.69 Å². The van der Waals surface area contributed by atoms with Gasteiger partial charge in [-0.25, -0.2) is 0 Å². The lowest BCUT2D eigenvalue weighted by atomic mass is 10.1. The zero-order valence-corrected chi connectivity index (χ0v) is 12.8. The lowest BCUT2D eigenvalue weighted by molar-refractivity contribution is 0.279. The second-order valence-electron chi connectivity index (χ2n) is 5.05. The molecule has 4 heteroatoms. The van der Waals surface area contributed by atoms with Crippen LogP contribution in [0.3, 0.4) is 0 Å². The molecule has 1 aromatic rings. The van der Waals surface area contributed by atoms with Crippen molar-refractivity contribution in [3.8, 4) is 6.07 Å². The Morgan fingerprint density at radius 2 is 2.35 bits per heavy atom. The van der Waals surface area contributed by atoms with Crippen molar-refractivity contribution in [2.45, 2.75) is 43.5 Å². The van der Waals surface area contributed by atoms with Crippen LogP contribution in [0.1, 0.15) is 38.2 Å². The maximum Gasteiger partial charge on any atom is 0.103 e. The van der Waals surface area contributed by atoms with E-state index in [4.69, 9.17) is 5.11 Å². The first-order valence-corrected chi connectivity index (χ1v) is 8.33. The lowest BCUT2D eigenvalue weighted by Crippen LogP contribution is -2.30. The van der Waals surface area contributed by atoms with E-state index in [-0.39, 0.29) is 6.61 Å². The summed E-state index contributed by atoms with van der Waals surface area (Å²) < 4.78 is 0. The molecule has 20 heavy (non-hydrogen) atoms. The number of hydrogen-bond donors (Lipinski definition) is 1. The molecule has 2 rings (SSSR count). The highest BCUT2D eigenvalue weighted by Gasteiger charge is 2.26. The Bertz CT molecular complexity index is 484. The third-order valence-corrected chi connectivity index (χ3v) is 4.74. The number of aliphatic hydroxyl groups excluding tert-OH is 1. The number of hydrogen-bond acceptors (Lipinski definition) is 4. The summed E-state index contributed by atoms with van der Waals surface area (Å²) in [6, 6.07) is 9.01. The zero-order chi connectivity index (χ0) is 14.4. The molecule has 1 saturated heterocycles. The van der Waals surface area contributed by atoms with Crippen molar-refractivity contribution in [2.75, 3.05) is 23.8 Å². The molecule has 1 aliphatic rings. The predicted octanol–water partition coefficient (Wildman–Crippen LogP) is 3.41. The molecule has 0 amide bonds. The van der Waals surface area contributed by atoms with Crippen LogP contribution < -0.4 is 4.90 Å². The molecule has 3 nitrogen and oxygen atoms in total. The molecule has 1 atom stereocenters. The van der Waals surface area contributed by atoms with E-state index in [9.17, 15) is 5.26 Å². The van der Waals surface area contributed by atoms with E-state index in [0.717, 1.165) is 47.7 Å². The standard InChI is InChI=1S/C16H22N2OS/c1-2-20-16-9-3-8-15(14(16)12-17)18-10-4-6-13(18)7-5-11-19/h3,8-9,13,19H,2,4-7,10-11H2,1H3. The molecule has 1 heterocycles. The van der Waals surface area contributed by atoms with E-state index < -0.39 is 0 Å². The molecular formula is C16H22N2OS. The van der Waals surface area contributed by atoms with Gasteiger partial charge in [0.2, 0.25) is 0 Å². The molecule has 1 aromatic carbocycles. The average Bonchev–Trinajstić information content (AvgIpc) is 2.93. The first-order valence-electron chi connectivity index (χ1n) is 7.35. The summed E-state index contributed by atoms with van der Waals surface area (Å²) in [4.78, 5) is 3.45. The number of aliphatic hydroxyl groups is 1. The smallest absolute Gasteiger partial charge is 0.103 e. The predicted molar refractivity (Wildman–Crippen MR) is 84.2 cm³/mol. The summed E-state index contributed by atoms with van der Waals surface area (Å²) >= 11 is 1.73. The van der Waals surface area contributed by atoms with Gasteiger partial charge in [-0.1, -0.05) is 13.0 Å². The maximum absolute atomic E-state index is 9.52. The van der Waals surface area contributed by atoms with Gasteiger partial charge in [0.15, 0.2) is 0 Å². The van der Waals surface area contributed by atoms with Crippen molar-refractivity contribution in [3.63, 3.8) is 0 Å². The first-order chi connectivity index (χ1) is 9.81. The van der Waals surface area contributed by atoms with Crippen LogP contribution in [0.25, 0.3) is 0 Å². The number of nitrogens with zero attached hydrogens (tertiary/aromatic N) is 2. The van der Waals surface area contributed by atoms with E-state index in [1.54, 1.807) is 11.8 Å². The molecule has 108 valence electrons. The monoisotopic (exact) mass is 290 g/mol. The Kier molecular flexibility index (Phi) is 5.75. The summed E-state index contributed by atoms with van der Waals surface area (Å²) in [5.74, 6) is 0.978. The van der Waals surface area contributed by atoms with Crippen molar-refractivity contribution in [2.24, 2.45) is 0 Å². The molecule has 0 saturated carbocycles. The van der Waals surface area contributed by atoms with Gasteiger partial charge in [0.25, 0.3) is 0 Å². The fourth-order valence-corrected chi connectivity index (χ4v) is 3.71. The quantitative estimate of drug-likeness (QED) is 0.816. The molecule has 0 aromatic heterocycles. The summed E-state index contributed by atoms with van der Waals surface area (Å²) in [5, 5.41) is 18.5. The number of rotatable bonds is 6. The molecule has 1 unspecified atom stereocenters. The van der Waals surface area contributed by atoms with Crippen molar-refractivity contribution in [1.29, 1.82) is 5.26 Å². The van der Waals surface area contributed by atoms with Gasteiger partial charge in [0.05, 0.1) is 11.3 Å². The molecule has 1 N–H and O–H groups in total. The van der Waals surface area contributed by atoms with E-state index >= 15 is 0 Å². The van der Waals surface area contributed by atoms with Crippen LogP contribution in [-0.4, -0.2) is 30.1 Å². The van der Waals surface area contributed by atoms with Crippen LogP contribution in [0.5, 0.6) is 0 Å². The summed E-state index contributed by atoms with van der Waals surface area (Å²) in [6.45, 7) is 3.38. The van der Waals surface area contributed by atoms with Crippen LogP contribution in [0, 0.1) is 11.3 Å². The SMILES string of the molecule is CCSc1cccc(N2CCCC2CCCO)c1C#N. The number of thioether (sulfide) groups is 1. The second-order valence-corrected chi connectivity index (χ2v) is 6.36. The molecule has 0 aliphatic carbocycles. The maximum atomic E-state index is 9.52. The van der Waals surface area contributed by atoms with Crippen molar-refractivity contribution in [1.82, 2.24) is 0 Å². The molecule has 1 fully saturated rings. The Balaban J connectivity index is 2.27.